The second-order valence-corrected chi connectivity index (χ2v) is 5.72. The number of nitrogens with one attached hydrogen (secondary N) is 1. The summed E-state index contributed by atoms with van der Waals surface area (Å²) in [6.07, 6.45) is 0. The summed E-state index contributed by atoms with van der Waals surface area (Å²) in [5.41, 5.74) is -0.281. The van der Waals surface area contributed by atoms with Crippen LogP contribution in [0.4, 0.5) is 4.39 Å². The first-order chi connectivity index (χ1) is 13.5. The van der Waals surface area contributed by atoms with Crippen molar-refractivity contribution in [3.63, 3.8) is 0 Å². The molecule has 0 aliphatic carbocycles. The van der Waals surface area contributed by atoms with Crippen LogP contribution < -0.4 is 14.9 Å². The summed E-state index contributed by atoms with van der Waals surface area (Å²) in [6.45, 7) is 0.287. The highest BCUT2D eigenvalue weighted by Gasteiger charge is 2.22. The van der Waals surface area contributed by atoms with Gasteiger partial charge in [-0.3, -0.25) is 9.89 Å². The van der Waals surface area contributed by atoms with Crippen LogP contribution in [0.15, 0.2) is 53.3 Å². The van der Waals surface area contributed by atoms with Crippen molar-refractivity contribution in [2.24, 2.45) is 0 Å². The monoisotopic (exact) mass is 384 g/mol. The van der Waals surface area contributed by atoms with Gasteiger partial charge in [-0.15, -0.1) is 0 Å². The molecule has 1 heterocycles. The van der Waals surface area contributed by atoms with Crippen molar-refractivity contribution >= 4 is 5.97 Å². The van der Waals surface area contributed by atoms with Crippen molar-refractivity contribution in [1.29, 1.82) is 0 Å². The lowest BCUT2D eigenvalue weighted by Crippen LogP contribution is -2.22. The molecule has 0 bridgehead atoms. The number of carbonyl (C=O) groups excluding carboxylic acids is 1. The van der Waals surface area contributed by atoms with E-state index in [2.05, 4.69) is 14.9 Å². The number of aromatic amines is 1. The second-order valence-electron chi connectivity index (χ2n) is 5.72. The Morgan fingerprint density at radius 1 is 1.14 bits per heavy atom. The standard InChI is InChI=1S/C20H17FN2O5/c1-26-19-16(22-23-17(18(19)24)20(25)27-2)14-9-8-13(10-15(14)21)28-11-12-6-4-3-5-7-12/h3-10H,11H2,1-2H3,(H,22,24). The molecular formula is C20H17FN2O5. The average molecular weight is 384 g/mol. The molecule has 0 saturated heterocycles. The number of nitrogens with zero attached hydrogens (tertiary/aromatic N) is 1. The van der Waals surface area contributed by atoms with Gasteiger partial charge in [-0.2, -0.15) is 5.10 Å². The molecule has 3 rings (SSSR count). The zero-order chi connectivity index (χ0) is 20.1. The normalized spacial score (nSPS) is 10.4. The van der Waals surface area contributed by atoms with E-state index in [0.717, 1.165) is 12.7 Å². The summed E-state index contributed by atoms with van der Waals surface area (Å²) in [5, 5.41) is 6.17. The van der Waals surface area contributed by atoms with Gasteiger partial charge in [0.15, 0.2) is 5.75 Å². The molecule has 7 nitrogen and oxygen atoms in total. The number of rotatable bonds is 6. The minimum atomic E-state index is -0.920. The quantitative estimate of drug-likeness (QED) is 0.657. The van der Waals surface area contributed by atoms with Crippen LogP contribution in [0.25, 0.3) is 11.3 Å². The summed E-state index contributed by atoms with van der Waals surface area (Å²) in [6, 6.07) is 13.7. The van der Waals surface area contributed by atoms with Crippen LogP contribution in [0, 0.1) is 5.82 Å². The van der Waals surface area contributed by atoms with E-state index in [-0.39, 0.29) is 23.6 Å². The first-order valence-corrected chi connectivity index (χ1v) is 8.26. The Labute approximate surface area is 159 Å². The Bertz CT molecular complexity index is 1050. The molecule has 0 fully saturated rings. The van der Waals surface area contributed by atoms with Crippen molar-refractivity contribution < 1.29 is 23.4 Å². The largest absolute Gasteiger partial charge is 0.491 e. The van der Waals surface area contributed by atoms with Crippen LogP contribution in [-0.4, -0.2) is 30.4 Å². The highest BCUT2D eigenvalue weighted by molar-refractivity contribution is 5.88. The number of esters is 1. The third kappa shape index (κ3) is 3.85. The summed E-state index contributed by atoms with van der Waals surface area (Å²) >= 11 is 0. The zero-order valence-electron chi connectivity index (χ0n) is 15.2. The van der Waals surface area contributed by atoms with Crippen LogP contribution in [0.5, 0.6) is 11.5 Å². The highest BCUT2D eigenvalue weighted by atomic mass is 19.1. The van der Waals surface area contributed by atoms with Crippen molar-refractivity contribution in [3.05, 3.63) is 75.8 Å². The van der Waals surface area contributed by atoms with E-state index in [1.54, 1.807) is 6.07 Å². The number of halogens is 1. The molecule has 0 spiro atoms. The summed E-state index contributed by atoms with van der Waals surface area (Å²) in [4.78, 5) is 24.0. The molecule has 8 heteroatoms. The molecule has 0 unspecified atom stereocenters. The maximum atomic E-state index is 14.7. The van der Waals surface area contributed by atoms with Gasteiger partial charge in [0.05, 0.1) is 14.2 Å². The van der Waals surface area contributed by atoms with E-state index in [1.807, 2.05) is 30.3 Å². The van der Waals surface area contributed by atoms with Gasteiger partial charge in [0.1, 0.15) is 23.9 Å². The molecule has 0 aliphatic heterocycles. The number of aromatic nitrogens is 2. The Balaban J connectivity index is 1.91. The SMILES string of the molecule is COC(=O)c1n[nH]c(-c2ccc(OCc3ccccc3)cc2F)c(OC)c1=O. The minimum Gasteiger partial charge on any atom is -0.491 e. The number of ether oxygens (including phenoxy) is 3. The Hall–Kier alpha value is -3.68. The lowest BCUT2D eigenvalue weighted by atomic mass is 10.1. The van der Waals surface area contributed by atoms with Gasteiger partial charge < -0.3 is 14.2 Å². The summed E-state index contributed by atoms with van der Waals surface area (Å²) in [5.74, 6) is -1.49. The molecule has 0 atom stereocenters. The Morgan fingerprint density at radius 3 is 2.54 bits per heavy atom. The number of hydrogen-bond acceptors (Lipinski definition) is 6. The van der Waals surface area contributed by atoms with Crippen molar-refractivity contribution in [1.82, 2.24) is 10.2 Å². The van der Waals surface area contributed by atoms with Gasteiger partial charge in [-0.05, 0) is 17.7 Å². The molecule has 0 amide bonds. The van der Waals surface area contributed by atoms with Crippen LogP contribution in [0.2, 0.25) is 0 Å². The second kappa shape index (κ2) is 8.34. The van der Waals surface area contributed by atoms with Crippen LogP contribution >= 0.6 is 0 Å². The van der Waals surface area contributed by atoms with Gasteiger partial charge in [-0.25, -0.2) is 9.18 Å². The topological polar surface area (TPSA) is 90.5 Å². The lowest BCUT2D eigenvalue weighted by Gasteiger charge is -2.11. The smallest absolute Gasteiger partial charge is 0.362 e. The van der Waals surface area contributed by atoms with Crippen LogP contribution in [0.3, 0.4) is 0 Å². The number of H-pyrrole nitrogens is 1. The van der Waals surface area contributed by atoms with Gasteiger partial charge in [0.25, 0.3) is 5.43 Å². The van der Waals surface area contributed by atoms with Crippen molar-refractivity contribution in [2.45, 2.75) is 6.61 Å². The summed E-state index contributed by atoms with van der Waals surface area (Å²) in [7, 11) is 2.36. The predicted molar refractivity (Wildman–Crippen MR) is 98.9 cm³/mol. The fourth-order valence-electron chi connectivity index (χ4n) is 2.58. The minimum absolute atomic E-state index is 0.00672. The molecule has 0 radical (unpaired) electrons. The van der Waals surface area contributed by atoms with Gasteiger partial charge in [-0.1, -0.05) is 30.3 Å². The van der Waals surface area contributed by atoms with Crippen LogP contribution in [-0.2, 0) is 11.3 Å². The fourth-order valence-corrected chi connectivity index (χ4v) is 2.58. The molecule has 2 aromatic carbocycles. The summed E-state index contributed by atoms with van der Waals surface area (Å²) < 4.78 is 29.8. The molecule has 0 saturated carbocycles. The highest BCUT2D eigenvalue weighted by Crippen LogP contribution is 2.29. The van der Waals surface area contributed by atoms with Crippen molar-refractivity contribution in [3.8, 4) is 22.8 Å². The van der Waals surface area contributed by atoms with Gasteiger partial charge in [0.2, 0.25) is 5.69 Å². The predicted octanol–water partition coefficient (Wildman–Crippen LogP) is 2.95. The van der Waals surface area contributed by atoms with E-state index in [9.17, 15) is 14.0 Å². The number of benzene rings is 2. The first kappa shape index (κ1) is 19.1. The molecule has 1 aromatic heterocycles. The maximum absolute atomic E-state index is 14.7. The van der Waals surface area contributed by atoms with E-state index < -0.39 is 22.9 Å². The van der Waals surface area contributed by atoms with E-state index in [0.29, 0.717) is 5.75 Å². The van der Waals surface area contributed by atoms with E-state index in [4.69, 9.17) is 9.47 Å². The fraction of sp³-hybridized carbons (Fsp3) is 0.150. The van der Waals surface area contributed by atoms with Gasteiger partial charge >= 0.3 is 5.97 Å². The van der Waals surface area contributed by atoms with E-state index in [1.165, 1.54) is 19.2 Å². The molecule has 1 N–H and O–H groups in total. The van der Waals surface area contributed by atoms with Gasteiger partial charge in [0, 0.05) is 11.6 Å². The van der Waals surface area contributed by atoms with E-state index >= 15 is 0 Å². The molecule has 28 heavy (non-hydrogen) atoms. The molecule has 144 valence electrons. The number of carbonyl (C=O) groups is 1. The Morgan fingerprint density at radius 2 is 1.89 bits per heavy atom. The lowest BCUT2D eigenvalue weighted by molar-refractivity contribution is 0.0590. The number of hydrogen-bond donors (Lipinski definition) is 1. The average Bonchev–Trinajstić information content (AvgIpc) is 2.72. The Kier molecular flexibility index (Phi) is 5.69. The molecule has 3 aromatic rings. The first-order valence-electron chi connectivity index (χ1n) is 8.26. The van der Waals surface area contributed by atoms with Crippen molar-refractivity contribution in [2.75, 3.05) is 14.2 Å². The zero-order valence-corrected chi connectivity index (χ0v) is 15.2. The maximum Gasteiger partial charge on any atom is 0.362 e. The third-order valence-electron chi connectivity index (χ3n) is 3.97. The van der Waals surface area contributed by atoms with Crippen LogP contribution in [0.1, 0.15) is 16.1 Å². The third-order valence-corrected chi connectivity index (χ3v) is 3.97. The molecular weight excluding hydrogens is 367 g/mol. The number of methoxy groups -OCH3 is 2. The molecule has 0 aliphatic rings.